The molecule has 1 aromatic heterocycles. The zero-order valence-electron chi connectivity index (χ0n) is 16.6. The van der Waals surface area contributed by atoms with E-state index in [1.54, 1.807) is 6.92 Å². The molecule has 1 fully saturated rings. The first kappa shape index (κ1) is 19.4. The predicted molar refractivity (Wildman–Crippen MR) is 106 cm³/mol. The van der Waals surface area contributed by atoms with Crippen LogP contribution in [0, 0.1) is 0 Å². The standard InChI is InChI=1S/C21H30N4O2/c1-4-12-23(13-5-2)20(27)15-25-18-10-7-6-9-17(18)22-21(25)19-11-8-14-24(19)16(3)26/h6-7,9-10,19H,4-5,8,11-15H2,1-3H3/t19-/m0/s1. The highest BCUT2D eigenvalue weighted by Crippen LogP contribution is 2.33. The number of nitrogens with zero attached hydrogens (tertiary/aromatic N) is 4. The van der Waals surface area contributed by atoms with Crippen molar-refractivity contribution in [3.05, 3.63) is 30.1 Å². The van der Waals surface area contributed by atoms with Gasteiger partial charge in [0.1, 0.15) is 12.4 Å². The van der Waals surface area contributed by atoms with E-state index in [2.05, 4.69) is 13.8 Å². The Morgan fingerprint density at radius 2 is 1.89 bits per heavy atom. The monoisotopic (exact) mass is 370 g/mol. The fourth-order valence-corrected chi connectivity index (χ4v) is 4.06. The van der Waals surface area contributed by atoms with Crippen molar-refractivity contribution in [1.82, 2.24) is 19.4 Å². The van der Waals surface area contributed by atoms with Crippen molar-refractivity contribution in [2.24, 2.45) is 0 Å². The van der Waals surface area contributed by atoms with Gasteiger partial charge in [-0.2, -0.15) is 0 Å². The number of benzene rings is 1. The van der Waals surface area contributed by atoms with E-state index >= 15 is 0 Å². The summed E-state index contributed by atoms with van der Waals surface area (Å²) in [4.78, 5) is 33.7. The average molecular weight is 370 g/mol. The second kappa shape index (κ2) is 8.55. The van der Waals surface area contributed by atoms with Gasteiger partial charge in [-0.25, -0.2) is 4.98 Å². The Labute approximate surface area is 161 Å². The Morgan fingerprint density at radius 3 is 2.56 bits per heavy atom. The molecule has 3 rings (SSSR count). The van der Waals surface area contributed by atoms with Crippen LogP contribution >= 0.6 is 0 Å². The number of likely N-dealkylation sites (tertiary alicyclic amines) is 1. The van der Waals surface area contributed by atoms with Crippen LogP contribution in [0.25, 0.3) is 11.0 Å². The third-order valence-electron chi connectivity index (χ3n) is 5.27. The minimum absolute atomic E-state index is 0.0477. The summed E-state index contributed by atoms with van der Waals surface area (Å²) in [7, 11) is 0. The molecule has 1 aliphatic heterocycles. The average Bonchev–Trinajstić information content (AvgIpc) is 3.26. The molecule has 0 unspecified atom stereocenters. The molecule has 1 saturated heterocycles. The Balaban J connectivity index is 1.98. The molecule has 2 amide bonds. The Kier molecular flexibility index (Phi) is 6.14. The predicted octanol–water partition coefficient (Wildman–Crippen LogP) is 3.37. The molecule has 0 saturated carbocycles. The molecule has 0 radical (unpaired) electrons. The summed E-state index contributed by atoms with van der Waals surface area (Å²) in [6.45, 7) is 8.39. The zero-order valence-corrected chi connectivity index (χ0v) is 16.6. The topological polar surface area (TPSA) is 58.4 Å². The van der Waals surface area contributed by atoms with E-state index in [4.69, 9.17) is 4.98 Å². The van der Waals surface area contributed by atoms with Crippen LogP contribution in [0.4, 0.5) is 0 Å². The number of imidazole rings is 1. The molecule has 27 heavy (non-hydrogen) atoms. The maximum absolute atomic E-state index is 13.0. The van der Waals surface area contributed by atoms with E-state index < -0.39 is 0 Å². The zero-order chi connectivity index (χ0) is 19.4. The van der Waals surface area contributed by atoms with Gasteiger partial charge >= 0.3 is 0 Å². The number of aromatic nitrogens is 2. The first-order valence-electron chi connectivity index (χ1n) is 10.1. The molecule has 2 aromatic rings. The minimum atomic E-state index is -0.0477. The maximum atomic E-state index is 13.0. The second-order valence-corrected chi connectivity index (χ2v) is 7.30. The summed E-state index contributed by atoms with van der Waals surface area (Å²) in [6.07, 6.45) is 3.76. The third kappa shape index (κ3) is 3.99. The van der Waals surface area contributed by atoms with Crippen LogP contribution in [0.15, 0.2) is 24.3 Å². The summed E-state index contributed by atoms with van der Waals surface area (Å²) in [5, 5.41) is 0. The highest BCUT2D eigenvalue weighted by molar-refractivity contribution is 5.81. The van der Waals surface area contributed by atoms with Crippen LogP contribution in [0.1, 0.15) is 58.3 Å². The van der Waals surface area contributed by atoms with Gasteiger partial charge in [-0.05, 0) is 37.8 Å². The lowest BCUT2D eigenvalue weighted by atomic mass is 10.2. The molecule has 6 heteroatoms. The number of carbonyl (C=O) groups excluding carboxylic acids is 2. The van der Waals surface area contributed by atoms with Crippen LogP contribution in [0.2, 0.25) is 0 Å². The Hall–Kier alpha value is -2.37. The van der Waals surface area contributed by atoms with Crippen molar-refractivity contribution in [2.75, 3.05) is 19.6 Å². The molecule has 0 bridgehead atoms. The van der Waals surface area contributed by atoms with E-state index in [9.17, 15) is 9.59 Å². The van der Waals surface area contributed by atoms with Crippen molar-refractivity contribution >= 4 is 22.8 Å². The summed E-state index contributed by atoms with van der Waals surface area (Å²) in [6, 6.07) is 7.87. The third-order valence-corrected chi connectivity index (χ3v) is 5.27. The Morgan fingerprint density at radius 1 is 1.19 bits per heavy atom. The lowest BCUT2D eigenvalue weighted by molar-refractivity contribution is -0.131. The van der Waals surface area contributed by atoms with Gasteiger partial charge in [-0.15, -0.1) is 0 Å². The summed E-state index contributed by atoms with van der Waals surface area (Å²) < 4.78 is 2.03. The molecule has 1 aliphatic rings. The first-order valence-corrected chi connectivity index (χ1v) is 10.1. The SMILES string of the molecule is CCCN(CCC)C(=O)Cn1c([C@@H]2CCCN2C(C)=O)nc2ccccc21. The van der Waals surface area contributed by atoms with Crippen LogP contribution in [0.5, 0.6) is 0 Å². The van der Waals surface area contributed by atoms with Gasteiger partial charge in [0.05, 0.1) is 17.1 Å². The lowest BCUT2D eigenvalue weighted by Gasteiger charge is -2.25. The largest absolute Gasteiger partial charge is 0.341 e. The van der Waals surface area contributed by atoms with Crippen LogP contribution in [-0.4, -0.2) is 50.8 Å². The van der Waals surface area contributed by atoms with Gasteiger partial charge in [-0.3, -0.25) is 9.59 Å². The lowest BCUT2D eigenvalue weighted by Crippen LogP contribution is -2.36. The number of amides is 2. The van der Waals surface area contributed by atoms with Crippen LogP contribution in [-0.2, 0) is 16.1 Å². The van der Waals surface area contributed by atoms with Crippen LogP contribution in [0.3, 0.4) is 0 Å². The van der Waals surface area contributed by atoms with Gasteiger partial charge in [0, 0.05) is 26.6 Å². The number of hydrogen-bond donors (Lipinski definition) is 0. The van der Waals surface area contributed by atoms with E-state index in [0.717, 1.165) is 62.2 Å². The van der Waals surface area contributed by atoms with Gasteiger partial charge in [0.25, 0.3) is 0 Å². The highest BCUT2D eigenvalue weighted by Gasteiger charge is 2.32. The molecule has 6 nitrogen and oxygen atoms in total. The van der Waals surface area contributed by atoms with E-state index in [1.807, 2.05) is 38.6 Å². The van der Waals surface area contributed by atoms with Crippen molar-refractivity contribution in [1.29, 1.82) is 0 Å². The Bertz CT molecular complexity index is 808. The molecule has 0 N–H and O–H groups in total. The van der Waals surface area contributed by atoms with E-state index in [1.165, 1.54) is 0 Å². The van der Waals surface area contributed by atoms with Crippen molar-refractivity contribution in [3.63, 3.8) is 0 Å². The molecule has 0 spiro atoms. The van der Waals surface area contributed by atoms with Crippen LogP contribution < -0.4 is 0 Å². The molecular weight excluding hydrogens is 340 g/mol. The molecular formula is C21H30N4O2. The summed E-state index contributed by atoms with van der Waals surface area (Å²) >= 11 is 0. The number of fused-ring (bicyclic) bond motifs is 1. The summed E-state index contributed by atoms with van der Waals surface area (Å²) in [5.74, 6) is 1.03. The van der Waals surface area contributed by atoms with E-state index in [-0.39, 0.29) is 24.4 Å². The quantitative estimate of drug-likeness (QED) is 0.751. The van der Waals surface area contributed by atoms with Crippen molar-refractivity contribution < 1.29 is 9.59 Å². The minimum Gasteiger partial charge on any atom is -0.341 e. The van der Waals surface area contributed by atoms with E-state index in [0.29, 0.717) is 0 Å². The molecule has 2 heterocycles. The molecule has 1 atom stereocenters. The normalized spacial score (nSPS) is 16.9. The van der Waals surface area contributed by atoms with Gasteiger partial charge < -0.3 is 14.4 Å². The molecule has 0 aliphatic carbocycles. The fraction of sp³-hybridized carbons (Fsp3) is 0.571. The number of rotatable bonds is 7. The number of hydrogen-bond acceptors (Lipinski definition) is 3. The second-order valence-electron chi connectivity index (χ2n) is 7.30. The molecule has 146 valence electrons. The van der Waals surface area contributed by atoms with Crippen molar-refractivity contribution in [2.45, 2.75) is 59.0 Å². The van der Waals surface area contributed by atoms with Gasteiger partial charge in [-0.1, -0.05) is 26.0 Å². The molecule has 1 aromatic carbocycles. The van der Waals surface area contributed by atoms with Crippen molar-refractivity contribution in [3.8, 4) is 0 Å². The highest BCUT2D eigenvalue weighted by atomic mass is 16.2. The smallest absolute Gasteiger partial charge is 0.242 e. The number of carbonyl (C=O) groups is 2. The summed E-state index contributed by atoms with van der Waals surface area (Å²) in [5.41, 5.74) is 1.84. The maximum Gasteiger partial charge on any atom is 0.242 e. The van der Waals surface area contributed by atoms with Gasteiger partial charge in [0.2, 0.25) is 11.8 Å². The first-order chi connectivity index (χ1) is 13.1. The fourth-order valence-electron chi connectivity index (χ4n) is 4.06. The van der Waals surface area contributed by atoms with Gasteiger partial charge in [0.15, 0.2) is 0 Å². The number of para-hydroxylation sites is 2.